The molecule has 1 amide bonds. The highest BCUT2D eigenvalue weighted by Crippen LogP contribution is 2.37. The molecule has 2 aliphatic heterocycles. The van der Waals surface area contributed by atoms with Gasteiger partial charge in [0.15, 0.2) is 5.89 Å². The molecule has 1 aromatic heterocycles. The van der Waals surface area contributed by atoms with Crippen LogP contribution in [-0.2, 0) is 0 Å². The van der Waals surface area contributed by atoms with Crippen molar-refractivity contribution in [1.29, 1.82) is 0 Å². The Balaban J connectivity index is 0.00000147. The third-order valence-electron chi connectivity index (χ3n) is 4.54. The van der Waals surface area contributed by atoms with E-state index in [0.29, 0.717) is 22.8 Å². The summed E-state index contributed by atoms with van der Waals surface area (Å²) in [6, 6.07) is 0. The Bertz CT molecular complexity index is 485. The lowest BCUT2D eigenvalue weighted by Gasteiger charge is -2.38. The number of oxazole rings is 1. The summed E-state index contributed by atoms with van der Waals surface area (Å²) in [7, 11) is 0. The van der Waals surface area contributed by atoms with Crippen LogP contribution in [-0.4, -0.2) is 42.0 Å². The summed E-state index contributed by atoms with van der Waals surface area (Å²) in [6.07, 6.45) is 3.44. The zero-order chi connectivity index (χ0) is 13.5. The number of aromatic nitrogens is 1. The van der Waals surface area contributed by atoms with Crippen molar-refractivity contribution in [3.05, 3.63) is 17.3 Å². The maximum atomic E-state index is 12.4. The Labute approximate surface area is 125 Å². The Kier molecular flexibility index (Phi) is 4.39. The first-order valence-corrected chi connectivity index (χ1v) is 7.04. The van der Waals surface area contributed by atoms with Gasteiger partial charge in [0.05, 0.1) is 5.69 Å². The Morgan fingerprint density at radius 3 is 2.50 bits per heavy atom. The fourth-order valence-electron chi connectivity index (χ4n) is 3.28. The van der Waals surface area contributed by atoms with Crippen molar-refractivity contribution >= 4 is 18.3 Å². The summed E-state index contributed by atoms with van der Waals surface area (Å²) in [5.41, 5.74) is 1.13. The predicted molar refractivity (Wildman–Crippen MR) is 78.3 cm³/mol. The number of likely N-dealkylation sites (tertiary alicyclic amines) is 1. The molecule has 0 unspecified atom stereocenters. The van der Waals surface area contributed by atoms with Crippen molar-refractivity contribution in [2.45, 2.75) is 33.1 Å². The first kappa shape index (κ1) is 15.3. The highest BCUT2D eigenvalue weighted by Gasteiger charge is 2.38. The lowest BCUT2D eigenvalue weighted by atomic mass is 9.78. The van der Waals surface area contributed by atoms with Gasteiger partial charge >= 0.3 is 0 Å². The van der Waals surface area contributed by atoms with Crippen LogP contribution in [0.25, 0.3) is 0 Å². The molecule has 2 fully saturated rings. The Hall–Kier alpha value is -1.07. The molecule has 0 saturated carbocycles. The SMILES string of the molecule is Cc1nc(C)c(C(=O)N2CCC3(CCNC3)CC2)o1.Cl. The van der Waals surface area contributed by atoms with Crippen LogP contribution in [0.15, 0.2) is 4.42 Å². The second-order valence-electron chi connectivity index (χ2n) is 5.87. The van der Waals surface area contributed by atoms with Crippen molar-refractivity contribution in [3.8, 4) is 0 Å². The lowest BCUT2D eigenvalue weighted by molar-refractivity contribution is 0.0575. The minimum Gasteiger partial charge on any atom is -0.436 e. The van der Waals surface area contributed by atoms with E-state index in [-0.39, 0.29) is 18.3 Å². The summed E-state index contributed by atoms with van der Waals surface area (Å²) in [4.78, 5) is 18.5. The number of halogens is 1. The average molecular weight is 300 g/mol. The van der Waals surface area contributed by atoms with Gasteiger partial charge in [-0.2, -0.15) is 0 Å². The molecule has 0 aliphatic carbocycles. The van der Waals surface area contributed by atoms with Crippen LogP contribution in [0.1, 0.15) is 41.4 Å². The van der Waals surface area contributed by atoms with Gasteiger partial charge in [-0.25, -0.2) is 4.98 Å². The highest BCUT2D eigenvalue weighted by atomic mass is 35.5. The molecule has 3 heterocycles. The normalized spacial score (nSPS) is 21.0. The molecule has 112 valence electrons. The number of amides is 1. The van der Waals surface area contributed by atoms with Crippen LogP contribution in [0.3, 0.4) is 0 Å². The van der Waals surface area contributed by atoms with E-state index in [2.05, 4.69) is 10.3 Å². The highest BCUT2D eigenvalue weighted by molar-refractivity contribution is 5.92. The first-order valence-electron chi connectivity index (χ1n) is 7.04. The van der Waals surface area contributed by atoms with Gasteiger partial charge in [-0.3, -0.25) is 4.79 Å². The van der Waals surface area contributed by atoms with Crippen LogP contribution in [0.5, 0.6) is 0 Å². The summed E-state index contributed by atoms with van der Waals surface area (Å²) >= 11 is 0. The molecule has 2 saturated heterocycles. The third-order valence-corrected chi connectivity index (χ3v) is 4.54. The summed E-state index contributed by atoms with van der Waals surface area (Å²) in [6.45, 7) is 7.50. The van der Waals surface area contributed by atoms with Crippen molar-refractivity contribution in [1.82, 2.24) is 15.2 Å². The maximum Gasteiger partial charge on any atom is 0.291 e. The number of piperidine rings is 1. The molecular weight excluding hydrogens is 278 g/mol. The molecule has 0 radical (unpaired) electrons. The number of hydrogen-bond donors (Lipinski definition) is 1. The zero-order valence-corrected chi connectivity index (χ0v) is 12.9. The standard InChI is InChI=1S/C14H21N3O2.ClH/c1-10-12(19-11(2)16-10)13(18)17-7-4-14(5-8-17)3-6-15-9-14;/h15H,3-9H2,1-2H3;1H. The second-order valence-corrected chi connectivity index (χ2v) is 5.87. The minimum atomic E-state index is -0.00101. The van der Waals surface area contributed by atoms with Crippen molar-refractivity contribution in [3.63, 3.8) is 0 Å². The van der Waals surface area contributed by atoms with Gasteiger partial charge in [-0.15, -0.1) is 12.4 Å². The van der Waals surface area contributed by atoms with E-state index in [1.165, 1.54) is 6.42 Å². The zero-order valence-electron chi connectivity index (χ0n) is 12.1. The Morgan fingerprint density at radius 2 is 2.00 bits per heavy atom. The van der Waals surface area contributed by atoms with Crippen LogP contribution < -0.4 is 5.32 Å². The van der Waals surface area contributed by atoms with Crippen LogP contribution in [0, 0.1) is 19.3 Å². The van der Waals surface area contributed by atoms with Crippen LogP contribution in [0.4, 0.5) is 0 Å². The number of hydrogen-bond acceptors (Lipinski definition) is 4. The van der Waals surface area contributed by atoms with Crippen molar-refractivity contribution in [2.24, 2.45) is 5.41 Å². The maximum absolute atomic E-state index is 12.4. The summed E-state index contributed by atoms with van der Waals surface area (Å²) in [5, 5.41) is 3.44. The van der Waals surface area contributed by atoms with Gasteiger partial charge in [0.25, 0.3) is 5.91 Å². The number of rotatable bonds is 1. The molecule has 1 N–H and O–H groups in total. The molecule has 2 aliphatic rings. The number of nitrogens with zero attached hydrogens (tertiary/aromatic N) is 2. The largest absolute Gasteiger partial charge is 0.436 e. The molecule has 0 bridgehead atoms. The fraction of sp³-hybridized carbons (Fsp3) is 0.714. The number of carbonyl (C=O) groups excluding carboxylic acids is 1. The number of carbonyl (C=O) groups is 1. The fourth-order valence-corrected chi connectivity index (χ4v) is 3.28. The van der Waals surface area contributed by atoms with E-state index >= 15 is 0 Å². The predicted octanol–water partition coefficient (Wildman–Crippen LogP) is 1.93. The monoisotopic (exact) mass is 299 g/mol. The molecule has 20 heavy (non-hydrogen) atoms. The molecular formula is C14H22ClN3O2. The van der Waals surface area contributed by atoms with Gasteiger partial charge in [-0.05, 0) is 38.1 Å². The number of nitrogens with one attached hydrogen (secondary N) is 1. The van der Waals surface area contributed by atoms with E-state index in [4.69, 9.17) is 4.42 Å². The van der Waals surface area contributed by atoms with Crippen LogP contribution in [0.2, 0.25) is 0 Å². The second kappa shape index (κ2) is 5.74. The van der Waals surface area contributed by atoms with Crippen molar-refractivity contribution in [2.75, 3.05) is 26.2 Å². The topological polar surface area (TPSA) is 58.4 Å². The first-order chi connectivity index (χ1) is 9.10. The van der Waals surface area contributed by atoms with Crippen LogP contribution >= 0.6 is 12.4 Å². The molecule has 0 atom stereocenters. The molecule has 6 heteroatoms. The van der Waals surface area contributed by atoms with E-state index in [1.54, 1.807) is 6.92 Å². The van der Waals surface area contributed by atoms with Gasteiger partial charge in [0.1, 0.15) is 0 Å². The molecule has 5 nitrogen and oxygen atoms in total. The van der Waals surface area contributed by atoms with E-state index in [1.807, 2.05) is 11.8 Å². The lowest BCUT2D eigenvalue weighted by Crippen LogP contribution is -2.44. The molecule has 3 rings (SSSR count). The van der Waals surface area contributed by atoms with E-state index < -0.39 is 0 Å². The average Bonchev–Trinajstić information content (AvgIpc) is 2.97. The van der Waals surface area contributed by atoms with Gasteiger partial charge in [0, 0.05) is 26.6 Å². The van der Waals surface area contributed by atoms with E-state index in [9.17, 15) is 4.79 Å². The minimum absolute atomic E-state index is 0. The van der Waals surface area contributed by atoms with Gasteiger partial charge < -0.3 is 14.6 Å². The summed E-state index contributed by atoms with van der Waals surface area (Å²) < 4.78 is 5.43. The van der Waals surface area contributed by atoms with E-state index in [0.717, 1.165) is 39.0 Å². The van der Waals surface area contributed by atoms with Gasteiger partial charge in [0.2, 0.25) is 5.76 Å². The Morgan fingerprint density at radius 1 is 1.30 bits per heavy atom. The van der Waals surface area contributed by atoms with Gasteiger partial charge in [-0.1, -0.05) is 0 Å². The third kappa shape index (κ3) is 2.69. The van der Waals surface area contributed by atoms with Crippen molar-refractivity contribution < 1.29 is 9.21 Å². The molecule has 1 aromatic rings. The molecule has 0 aromatic carbocycles. The molecule has 1 spiro atoms. The number of aryl methyl sites for hydroxylation is 2. The summed E-state index contributed by atoms with van der Waals surface area (Å²) in [5.74, 6) is 0.978. The quantitative estimate of drug-likeness (QED) is 0.861. The smallest absolute Gasteiger partial charge is 0.291 e.